The number of nitrogens with zero attached hydrogens (tertiary/aromatic N) is 1. The Labute approximate surface area is 112 Å². The molecule has 1 heterocycles. The monoisotopic (exact) mass is 267 g/mol. The number of piperazine rings is 1. The van der Waals surface area contributed by atoms with Crippen LogP contribution < -0.4 is 10.6 Å². The van der Waals surface area contributed by atoms with Crippen molar-refractivity contribution >= 4 is 23.2 Å². The fraction of sp³-hybridized carbons (Fsp3) is 0.462. The summed E-state index contributed by atoms with van der Waals surface area (Å²) in [5, 5.41) is 6.85. The highest BCUT2D eigenvalue weighted by molar-refractivity contribution is 6.30. The van der Waals surface area contributed by atoms with Gasteiger partial charge in [-0.3, -0.25) is 9.69 Å². The summed E-state index contributed by atoms with van der Waals surface area (Å²) in [6, 6.07) is 7.05. The second-order valence-corrected chi connectivity index (χ2v) is 4.89. The van der Waals surface area contributed by atoms with Gasteiger partial charge in [0.1, 0.15) is 0 Å². The van der Waals surface area contributed by atoms with Crippen LogP contribution in [0.3, 0.4) is 0 Å². The van der Waals surface area contributed by atoms with Crippen LogP contribution in [0.15, 0.2) is 24.3 Å². The Bertz CT molecular complexity index is 401. The van der Waals surface area contributed by atoms with Crippen molar-refractivity contribution in [3.05, 3.63) is 29.3 Å². The first-order valence-corrected chi connectivity index (χ1v) is 6.56. The van der Waals surface area contributed by atoms with E-state index >= 15 is 0 Å². The van der Waals surface area contributed by atoms with Gasteiger partial charge in [0.15, 0.2) is 0 Å². The van der Waals surface area contributed by atoms with E-state index in [0.29, 0.717) is 5.02 Å². The van der Waals surface area contributed by atoms with Crippen LogP contribution in [-0.4, -0.2) is 43.0 Å². The van der Waals surface area contributed by atoms with E-state index in [2.05, 4.69) is 15.5 Å². The van der Waals surface area contributed by atoms with Crippen molar-refractivity contribution in [2.75, 3.05) is 31.5 Å². The van der Waals surface area contributed by atoms with Crippen LogP contribution in [0.2, 0.25) is 5.02 Å². The molecular weight excluding hydrogens is 250 g/mol. The number of rotatable bonds is 3. The van der Waals surface area contributed by atoms with E-state index in [0.717, 1.165) is 31.9 Å². The van der Waals surface area contributed by atoms with Crippen LogP contribution in [0.25, 0.3) is 0 Å². The van der Waals surface area contributed by atoms with E-state index in [1.165, 1.54) is 0 Å². The van der Waals surface area contributed by atoms with Gasteiger partial charge in [-0.1, -0.05) is 11.6 Å². The summed E-state index contributed by atoms with van der Waals surface area (Å²) in [5.41, 5.74) is 0.784. The van der Waals surface area contributed by atoms with E-state index in [1.54, 1.807) is 12.1 Å². The third kappa shape index (κ3) is 3.45. The number of carbonyl (C=O) groups is 1. The molecule has 0 saturated carbocycles. The van der Waals surface area contributed by atoms with Gasteiger partial charge in [0.2, 0.25) is 5.91 Å². The molecule has 0 bridgehead atoms. The van der Waals surface area contributed by atoms with Crippen LogP contribution in [-0.2, 0) is 4.79 Å². The molecule has 2 N–H and O–H groups in total. The lowest BCUT2D eigenvalue weighted by Gasteiger charge is -2.31. The highest BCUT2D eigenvalue weighted by Crippen LogP contribution is 2.14. The number of hydrogen-bond acceptors (Lipinski definition) is 3. The summed E-state index contributed by atoms with van der Waals surface area (Å²) >= 11 is 5.80. The van der Waals surface area contributed by atoms with E-state index in [4.69, 9.17) is 11.6 Å². The lowest BCUT2D eigenvalue weighted by atomic mass is 10.2. The molecule has 1 unspecified atom stereocenters. The number of hydrogen-bond donors (Lipinski definition) is 2. The van der Waals surface area contributed by atoms with Crippen molar-refractivity contribution in [1.29, 1.82) is 0 Å². The second kappa shape index (κ2) is 6.18. The maximum absolute atomic E-state index is 12.1. The molecule has 18 heavy (non-hydrogen) atoms. The highest BCUT2D eigenvalue weighted by Gasteiger charge is 2.22. The van der Waals surface area contributed by atoms with Crippen molar-refractivity contribution in [1.82, 2.24) is 10.2 Å². The summed E-state index contributed by atoms with van der Waals surface area (Å²) in [6.45, 7) is 5.65. The number of benzene rings is 1. The Kier molecular flexibility index (Phi) is 4.58. The summed E-state index contributed by atoms with van der Waals surface area (Å²) in [7, 11) is 0. The van der Waals surface area contributed by atoms with Gasteiger partial charge in [-0.25, -0.2) is 0 Å². The number of halogens is 1. The Hall–Kier alpha value is -1.10. The Morgan fingerprint density at radius 1 is 1.33 bits per heavy atom. The summed E-state index contributed by atoms with van der Waals surface area (Å²) in [5.74, 6) is 0.0271. The van der Waals surface area contributed by atoms with E-state index in [-0.39, 0.29) is 11.9 Å². The molecule has 0 aliphatic carbocycles. The van der Waals surface area contributed by atoms with E-state index in [9.17, 15) is 4.79 Å². The third-order valence-electron chi connectivity index (χ3n) is 3.19. The molecule has 1 aliphatic rings. The van der Waals surface area contributed by atoms with Crippen LogP contribution in [0.1, 0.15) is 6.92 Å². The summed E-state index contributed by atoms with van der Waals surface area (Å²) in [4.78, 5) is 14.3. The molecule has 2 rings (SSSR count). The predicted octanol–water partition coefficient (Wildman–Crippen LogP) is 1.57. The van der Waals surface area contributed by atoms with Crippen molar-refractivity contribution in [3.63, 3.8) is 0 Å². The second-order valence-electron chi connectivity index (χ2n) is 4.46. The average molecular weight is 268 g/mol. The molecule has 0 spiro atoms. The maximum atomic E-state index is 12.1. The quantitative estimate of drug-likeness (QED) is 0.874. The standard InChI is InChI=1S/C13H18ClN3O/c1-10(17-8-6-15-7-9-17)13(18)16-12-4-2-11(14)3-5-12/h2-5,10,15H,6-9H2,1H3,(H,16,18). The van der Waals surface area contributed by atoms with Crippen molar-refractivity contribution in [3.8, 4) is 0 Å². The van der Waals surface area contributed by atoms with Crippen LogP contribution >= 0.6 is 11.6 Å². The van der Waals surface area contributed by atoms with Crippen LogP contribution in [0, 0.1) is 0 Å². The minimum atomic E-state index is -0.109. The van der Waals surface area contributed by atoms with Crippen molar-refractivity contribution in [2.45, 2.75) is 13.0 Å². The molecular formula is C13H18ClN3O. The smallest absolute Gasteiger partial charge is 0.241 e. The Morgan fingerprint density at radius 2 is 1.94 bits per heavy atom. The normalized spacial score (nSPS) is 18.3. The number of nitrogens with one attached hydrogen (secondary N) is 2. The molecule has 1 aromatic rings. The van der Waals surface area contributed by atoms with E-state index in [1.807, 2.05) is 19.1 Å². The van der Waals surface area contributed by atoms with Gasteiger partial charge in [-0.05, 0) is 31.2 Å². The van der Waals surface area contributed by atoms with Gasteiger partial charge in [-0.15, -0.1) is 0 Å². The summed E-state index contributed by atoms with van der Waals surface area (Å²) < 4.78 is 0. The van der Waals surface area contributed by atoms with Crippen LogP contribution in [0.4, 0.5) is 5.69 Å². The zero-order chi connectivity index (χ0) is 13.0. The predicted molar refractivity (Wildman–Crippen MR) is 74.0 cm³/mol. The molecule has 0 aromatic heterocycles. The Morgan fingerprint density at radius 3 is 2.56 bits per heavy atom. The molecule has 98 valence electrons. The molecule has 0 radical (unpaired) electrons. The van der Waals surface area contributed by atoms with Gasteiger partial charge in [0.05, 0.1) is 6.04 Å². The minimum Gasteiger partial charge on any atom is -0.325 e. The average Bonchev–Trinajstić information content (AvgIpc) is 2.41. The number of carbonyl (C=O) groups excluding carboxylic acids is 1. The highest BCUT2D eigenvalue weighted by atomic mass is 35.5. The third-order valence-corrected chi connectivity index (χ3v) is 3.44. The topological polar surface area (TPSA) is 44.4 Å². The SMILES string of the molecule is CC(C(=O)Nc1ccc(Cl)cc1)N1CCNCC1. The van der Waals surface area contributed by atoms with E-state index < -0.39 is 0 Å². The number of amides is 1. The van der Waals surface area contributed by atoms with Crippen molar-refractivity contribution < 1.29 is 4.79 Å². The zero-order valence-corrected chi connectivity index (χ0v) is 11.2. The first kappa shape index (κ1) is 13.3. The minimum absolute atomic E-state index is 0.0271. The fourth-order valence-corrected chi connectivity index (χ4v) is 2.14. The molecule has 1 amide bonds. The Balaban J connectivity index is 1.92. The molecule has 5 heteroatoms. The van der Waals surface area contributed by atoms with Gasteiger partial charge >= 0.3 is 0 Å². The lowest BCUT2D eigenvalue weighted by Crippen LogP contribution is -2.51. The molecule has 1 fully saturated rings. The molecule has 1 atom stereocenters. The summed E-state index contributed by atoms with van der Waals surface area (Å²) in [6.07, 6.45) is 0. The van der Waals surface area contributed by atoms with Gasteiger partial charge < -0.3 is 10.6 Å². The molecule has 1 aliphatic heterocycles. The number of anilines is 1. The van der Waals surface area contributed by atoms with Gasteiger partial charge in [0, 0.05) is 36.9 Å². The van der Waals surface area contributed by atoms with Gasteiger partial charge in [0.25, 0.3) is 0 Å². The maximum Gasteiger partial charge on any atom is 0.241 e. The first-order chi connectivity index (χ1) is 8.66. The largest absolute Gasteiger partial charge is 0.325 e. The fourth-order valence-electron chi connectivity index (χ4n) is 2.02. The zero-order valence-electron chi connectivity index (χ0n) is 10.4. The molecule has 1 aromatic carbocycles. The van der Waals surface area contributed by atoms with Gasteiger partial charge in [-0.2, -0.15) is 0 Å². The lowest BCUT2D eigenvalue weighted by molar-refractivity contribution is -0.120. The van der Waals surface area contributed by atoms with Crippen molar-refractivity contribution in [2.24, 2.45) is 0 Å². The van der Waals surface area contributed by atoms with Crippen LogP contribution in [0.5, 0.6) is 0 Å². The molecule has 4 nitrogen and oxygen atoms in total. The first-order valence-electron chi connectivity index (χ1n) is 6.18. The molecule has 1 saturated heterocycles.